The zero-order valence-electron chi connectivity index (χ0n) is 26.6. The van der Waals surface area contributed by atoms with E-state index in [1.165, 1.54) is 11.3 Å². The summed E-state index contributed by atoms with van der Waals surface area (Å²) in [5.74, 6) is 4.36. The van der Waals surface area contributed by atoms with Crippen LogP contribution in [0.5, 0.6) is 17.2 Å². The summed E-state index contributed by atoms with van der Waals surface area (Å²) in [6.07, 6.45) is 2.02. The number of nitrogens with zero attached hydrogens (tertiary/aromatic N) is 5. The van der Waals surface area contributed by atoms with Crippen molar-refractivity contribution in [2.75, 3.05) is 104 Å². The van der Waals surface area contributed by atoms with E-state index in [4.69, 9.17) is 24.2 Å². The van der Waals surface area contributed by atoms with Crippen LogP contribution in [-0.4, -0.2) is 114 Å². The number of hydrogen-bond donors (Lipinski definition) is 3. The normalized spacial score (nSPS) is 16.3. The van der Waals surface area contributed by atoms with Crippen molar-refractivity contribution in [1.29, 1.82) is 0 Å². The summed E-state index contributed by atoms with van der Waals surface area (Å²) in [7, 11) is 11.6. The number of rotatable bonds is 14. The maximum absolute atomic E-state index is 6.26. The lowest BCUT2D eigenvalue weighted by molar-refractivity contribution is 0.205. The number of aromatic nitrogens is 2. The summed E-state index contributed by atoms with van der Waals surface area (Å²) in [6.45, 7) is 7.27. The van der Waals surface area contributed by atoms with Gasteiger partial charge in [0.2, 0.25) is 5.95 Å². The number of ether oxygens (including phenoxy) is 3. The zero-order chi connectivity index (χ0) is 30.3. The molecule has 0 saturated carbocycles. The van der Waals surface area contributed by atoms with Crippen LogP contribution >= 0.6 is 0 Å². The van der Waals surface area contributed by atoms with Crippen LogP contribution in [0.1, 0.15) is 18.4 Å². The minimum atomic E-state index is 0.297. The molecule has 0 aliphatic carbocycles. The zero-order valence-corrected chi connectivity index (χ0v) is 26.6. The minimum Gasteiger partial charge on any atom is -0.493 e. The van der Waals surface area contributed by atoms with E-state index in [0.717, 1.165) is 81.1 Å². The predicted molar refractivity (Wildman–Crippen MR) is 174 cm³/mol. The molecule has 2 saturated heterocycles. The first-order chi connectivity index (χ1) is 20.8. The molecule has 3 heterocycles. The SMILES string of the molecule is COc1cc2nc(NCC3CNC3)nc(NC3CCN(Cc4c(OCCN(C)C)cccc4N(C)C)CC3)c2cc1OC. The Labute approximate surface area is 255 Å². The predicted octanol–water partition coefficient (Wildman–Crippen LogP) is 3.36. The van der Waals surface area contributed by atoms with Crippen LogP contribution < -0.4 is 35.1 Å². The number of piperidine rings is 1. The standard InChI is InChI=1S/C32H48N8O3/c1-38(2)14-15-43-28-9-7-8-27(39(3)4)25(28)21-40-12-10-23(11-13-40)35-31-24-16-29(41-5)30(42-6)17-26(24)36-32(37-31)34-20-22-18-33-19-22/h7-9,16-17,22-23,33H,10-15,18-21H2,1-6H3,(H2,34,35,36,37). The van der Waals surface area contributed by atoms with E-state index in [1.54, 1.807) is 14.2 Å². The van der Waals surface area contributed by atoms with Gasteiger partial charge in [0.1, 0.15) is 18.2 Å². The quantitative estimate of drug-likeness (QED) is 0.257. The van der Waals surface area contributed by atoms with Gasteiger partial charge in [-0.2, -0.15) is 4.98 Å². The molecule has 5 rings (SSSR count). The van der Waals surface area contributed by atoms with Gasteiger partial charge in [-0.1, -0.05) is 6.07 Å². The number of fused-ring (bicyclic) bond motifs is 1. The van der Waals surface area contributed by atoms with Crippen LogP contribution in [0.15, 0.2) is 30.3 Å². The highest BCUT2D eigenvalue weighted by Crippen LogP contribution is 2.36. The van der Waals surface area contributed by atoms with E-state index in [9.17, 15) is 0 Å². The number of anilines is 3. The van der Waals surface area contributed by atoms with E-state index >= 15 is 0 Å². The summed E-state index contributed by atoms with van der Waals surface area (Å²) in [4.78, 5) is 16.6. The molecule has 0 amide bonds. The van der Waals surface area contributed by atoms with Crippen molar-refractivity contribution in [1.82, 2.24) is 25.1 Å². The second-order valence-electron chi connectivity index (χ2n) is 12.0. The highest BCUT2D eigenvalue weighted by molar-refractivity contribution is 5.92. The Bertz CT molecular complexity index is 1360. The topological polar surface area (TPSA) is 99.3 Å². The fourth-order valence-corrected chi connectivity index (χ4v) is 5.63. The molecule has 0 unspecified atom stereocenters. The lowest BCUT2D eigenvalue weighted by Gasteiger charge is -2.34. The van der Waals surface area contributed by atoms with Gasteiger partial charge in [-0.05, 0) is 45.1 Å². The highest BCUT2D eigenvalue weighted by Gasteiger charge is 2.24. The van der Waals surface area contributed by atoms with E-state index in [-0.39, 0.29) is 0 Å². The van der Waals surface area contributed by atoms with Gasteiger partial charge in [-0.25, -0.2) is 4.98 Å². The number of likely N-dealkylation sites (tertiary alicyclic amines) is 1. The second kappa shape index (κ2) is 14.3. The molecule has 1 aromatic heterocycles. The molecular formula is C32H48N8O3. The molecule has 11 heteroatoms. The van der Waals surface area contributed by atoms with E-state index in [0.29, 0.717) is 36.0 Å². The summed E-state index contributed by atoms with van der Waals surface area (Å²) >= 11 is 0. The number of benzene rings is 2. The van der Waals surface area contributed by atoms with Crippen molar-refractivity contribution in [3.8, 4) is 17.2 Å². The van der Waals surface area contributed by atoms with E-state index < -0.39 is 0 Å². The van der Waals surface area contributed by atoms with Gasteiger partial charge in [-0.3, -0.25) is 4.90 Å². The first kappa shape index (κ1) is 30.9. The van der Waals surface area contributed by atoms with Gasteiger partial charge in [0, 0.05) is 94.6 Å². The van der Waals surface area contributed by atoms with Crippen LogP contribution in [0.4, 0.5) is 17.5 Å². The summed E-state index contributed by atoms with van der Waals surface area (Å²) in [5, 5.41) is 11.5. The van der Waals surface area contributed by atoms with Crippen LogP contribution in [0, 0.1) is 5.92 Å². The van der Waals surface area contributed by atoms with Crippen molar-refractivity contribution in [2.45, 2.75) is 25.4 Å². The Balaban J connectivity index is 1.29. The summed E-state index contributed by atoms with van der Waals surface area (Å²) in [5.41, 5.74) is 3.28. The van der Waals surface area contributed by atoms with Gasteiger partial charge in [0.15, 0.2) is 11.5 Å². The number of hydrogen-bond acceptors (Lipinski definition) is 11. The molecule has 0 spiro atoms. The molecule has 2 fully saturated rings. The van der Waals surface area contributed by atoms with Gasteiger partial charge in [0.05, 0.1) is 19.7 Å². The molecule has 3 N–H and O–H groups in total. The van der Waals surface area contributed by atoms with Crippen molar-refractivity contribution >= 4 is 28.4 Å². The minimum absolute atomic E-state index is 0.297. The fraction of sp³-hybridized carbons (Fsp3) is 0.562. The van der Waals surface area contributed by atoms with Gasteiger partial charge < -0.3 is 40.0 Å². The molecule has 2 aromatic carbocycles. The summed E-state index contributed by atoms with van der Waals surface area (Å²) < 4.78 is 17.4. The number of methoxy groups -OCH3 is 2. The van der Waals surface area contributed by atoms with Crippen molar-refractivity contribution < 1.29 is 14.2 Å². The maximum atomic E-state index is 6.26. The van der Waals surface area contributed by atoms with Crippen LogP contribution in [0.3, 0.4) is 0 Å². The Morgan fingerprint density at radius 1 is 0.977 bits per heavy atom. The van der Waals surface area contributed by atoms with E-state index in [2.05, 4.69) is 77.0 Å². The Morgan fingerprint density at radius 3 is 2.37 bits per heavy atom. The largest absolute Gasteiger partial charge is 0.493 e. The third kappa shape index (κ3) is 7.70. The third-order valence-corrected chi connectivity index (χ3v) is 8.31. The fourth-order valence-electron chi connectivity index (χ4n) is 5.63. The smallest absolute Gasteiger partial charge is 0.225 e. The molecule has 43 heavy (non-hydrogen) atoms. The molecule has 2 aliphatic rings. The van der Waals surface area contributed by atoms with Gasteiger partial charge in [0.25, 0.3) is 0 Å². The highest BCUT2D eigenvalue weighted by atomic mass is 16.5. The molecule has 0 radical (unpaired) electrons. The average molecular weight is 593 g/mol. The molecule has 234 valence electrons. The third-order valence-electron chi connectivity index (χ3n) is 8.31. The molecule has 0 bridgehead atoms. The second-order valence-corrected chi connectivity index (χ2v) is 12.0. The Morgan fingerprint density at radius 2 is 1.72 bits per heavy atom. The average Bonchev–Trinajstić information content (AvgIpc) is 2.97. The monoisotopic (exact) mass is 592 g/mol. The van der Waals surface area contributed by atoms with Crippen molar-refractivity contribution in [3.05, 3.63) is 35.9 Å². The van der Waals surface area contributed by atoms with Crippen LogP contribution in [0.2, 0.25) is 0 Å². The van der Waals surface area contributed by atoms with Crippen LogP contribution in [-0.2, 0) is 6.54 Å². The molecular weight excluding hydrogens is 544 g/mol. The lowest BCUT2D eigenvalue weighted by Crippen LogP contribution is -2.45. The molecule has 2 aliphatic heterocycles. The first-order valence-electron chi connectivity index (χ1n) is 15.3. The van der Waals surface area contributed by atoms with Gasteiger partial charge >= 0.3 is 0 Å². The lowest BCUT2D eigenvalue weighted by atomic mass is 10.0. The first-order valence-corrected chi connectivity index (χ1v) is 15.3. The Kier molecular flexibility index (Phi) is 10.3. The van der Waals surface area contributed by atoms with Crippen molar-refractivity contribution in [2.24, 2.45) is 5.92 Å². The molecule has 11 nitrogen and oxygen atoms in total. The maximum Gasteiger partial charge on any atom is 0.225 e. The number of likely N-dealkylation sites (N-methyl/N-ethyl adjacent to an activating group) is 1. The molecule has 3 aromatic rings. The van der Waals surface area contributed by atoms with E-state index in [1.807, 2.05) is 12.1 Å². The Hall–Kier alpha value is -3.54. The number of nitrogens with one attached hydrogen (secondary N) is 3. The summed E-state index contributed by atoms with van der Waals surface area (Å²) in [6, 6.07) is 10.6. The van der Waals surface area contributed by atoms with Crippen LogP contribution in [0.25, 0.3) is 10.9 Å². The van der Waals surface area contributed by atoms with Gasteiger partial charge in [-0.15, -0.1) is 0 Å². The van der Waals surface area contributed by atoms with Crippen molar-refractivity contribution in [3.63, 3.8) is 0 Å². The molecule has 0 atom stereocenters.